The number of carbonyl (C=O) groups is 1. The van der Waals surface area contributed by atoms with Crippen LogP contribution in [0.3, 0.4) is 0 Å². The average Bonchev–Trinajstić information content (AvgIpc) is 3.24. The van der Waals surface area contributed by atoms with Gasteiger partial charge >= 0.3 is 0 Å². The number of nitrogens with zero attached hydrogens (tertiary/aromatic N) is 5. The predicted molar refractivity (Wildman–Crippen MR) is 157 cm³/mol. The molecule has 214 valence electrons. The molecule has 1 saturated heterocycles. The molecule has 2 aromatic carbocycles. The highest BCUT2D eigenvalue weighted by molar-refractivity contribution is 7.89. The number of piperazine rings is 1. The summed E-state index contributed by atoms with van der Waals surface area (Å²) in [6.45, 7) is 10.6. The van der Waals surface area contributed by atoms with E-state index in [1.807, 2.05) is 39.0 Å². The van der Waals surface area contributed by atoms with Crippen LogP contribution in [0.4, 0.5) is 5.69 Å². The number of hydrogen-bond acceptors (Lipinski definition) is 7. The lowest BCUT2D eigenvalue weighted by Gasteiger charge is -2.34. The second kappa shape index (κ2) is 12.9. The van der Waals surface area contributed by atoms with E-state index in [1.54, 1.807) is 34.2 Å². The zero-order valence-electron chi connectivity index (χ0n) is 24.1. The van der Waals surface area contributed by atoms with Crippen molar-refractivity contribution >= 4 is 27.2 Å². The summed E-state index contributed by atoms with van der Waals surface area (Å²) in [6, 6.07) is 15.1. The van der Waals surface area contributed by atoms with E-state index in [9.17, 15) is 13.2 Å². The van der Waals surface area contributed by atoms with Gasteiger partial charge in [0.15, 0.2) is 5.78 Å². The van der Waals surface area contributed by atoms with Gasteiger partial charge in [0, 0.05) is 58.0 Å². The fourth-order valence-electron chi connectivity index (χ4n) is 5.07. The molecule has 1 fully saturated rings. The van der Waals surface area contributed by atoms with Crippen LogP contribution < -0.4 is 4.74 Å². The van der Waals surface area contributed by atoms with E-state index in [2.05, 4.69) is 22.1 Å². The summed E-state index contributed by atoms with van der Waals surface area (Å²) >= 11 is 0. The predicted octanol–water partition coefficient (Wildman–Crippen LogP) is 4.62. The highest BCUT2D eigenvalue weighted by atomic mass is 32.2. The summed E-state index contributed by atoms with van der Waals surface area (Å²) in [5, 5.41) is 4.53. The second-order valence-electron chi connectivity index (χ2n) is 10.0. The van der Waals surface area contributed by atoms with E-state index in [4.69, 9.17) is 9.73 Å². The van der Waals surface area contributed by atoms with Crippen LogP contribution in [0, 0.1) is 0 Å². The number of aryl methyl sites for hydroxylation is 2. The number of benzene rings is 2. The number of hydrogen-bond donors (Lipinski definition) is 0. The minimum absolute atomic E-state index is 0.128. The van der Waals surface area contributed by atoms with Crippen LogP contribution in [0.25, 0.3) is 0 Å². The monoisotopic (exact) mass is 565 g/mol. The van der Waals surface area contributed by atoms with Crippen molar-refractivity contribution in [1.29, 1.82) is 0 Å². The molecule has 1 aromatic heterocycles. The smallest absolute Gasteiger partial charge is 0.243 e. The molecule has 0 saturated carbocycles. The van der Waals surface area contributed by atoms with Gasteiger partial charge in [-0.1, -0.05) is 43.7 Å². The number of Topliss-reactive ketones (excluding diaryl/α,β-unsaturated/α-hetero) is 1. The van der Waals surface area contributed by atoms with Gasteiger partial charge in [0.2, 0.25) is 10.0 Å². The fraction of sp³-hybridized carbons (Fsp3) is 0.433. The van der Waals surface area contributed by atoms with Crippen molar-refractivity contribution in [2.75, 3.05) is 32.8 Å². The van der Waals surface area contributed by atoms with E-state index >= 15 is 0 Å². The number of ketones is 1. The van der Waals surface area contributed by atoms with Crippen molar-refractivity contribution in [1.82, 2.24) is 19.0 Å². The van der Waals surface area contributed by atoms with E-state index in [0.717, 1.165) is 18.7 Å². The number of carbonyl (C=O) groups excluding carboxylic acids is 1. The van der Waals surface area contributed by atoms with Crippen molar-refractivity contribution in [3.05, 3.63) is 71.0 Å². The van der Waals surface area contributed by atoms with Crippen LogP contribution in [-0.2, 0) is 30.0 Å². The Labute approximate surface area is 237 Å². The molecular weight excluding hydrogens is 526 g/mol. The maximum atomic E-state index is 13.7. The largest absolute Gasteiger partial charge is 0.493 e. The minimum atomic E-state index is -3.73. The highest BCUT2D eigenvalue weighted by Gasteiger charge is 2.29. The fourth-order valence-corrected chi connectivity index (χ4v) is 6.51. The molecule has 0 N–H and O–H groups in total. The first kappa shape index (κ1) is 29.6. The molecule has 1 aliphatic rings. The number of aromatic nitrogens is 2. The van der Waals surface area contributed by atoms with Crippen LogP contribution in [0.2, 0.25) is 0 Å². The molecule has 9 nitrogen and oxygen atoms in total. The van der Waals surface area contributed by atoms with Crippen molar-refractivity contribution in [3.63, 3.8) is 0 Å². The number of ether oxygens (including phenoxy) is 1. The van der Waals surface area contributed by atoms with Crippen molar-refractivity contribution in [2.24, 2.45) is 12.0 Å². The lowest BCUT2D eigenvalue weighted by molar-refractivity contribution is 0.100. The molecule has 4 rings (SSSR count). The maximum absolute atomic E-state index is 13.7. The van der Waals surface area contributed by atoms with Gasteiger partial charge in [-0.05, 0) is 44.0 Å². The first-order chi connectivity index (χ1) is 19.1. The minimum Gasteiger partial charge on any atom is -0.493 e. The molecule has 1 aliphatic heterocycles. The first-order valence-electron chi connectivity index (χ1n) is 13.8. The summed E-state index contributed by atoms with van der Waals surface area (Å²) in [7, 11) is -1.99. The third-order valence-corrected chi connectivity index (χ3v) is 8.95. The normalized spacial score (nSPS) is 15.4. The van der Waals surface area contributed by atoms with Gasteiger partial charge in [0.25, 0.3) is 0 Å². The van der Waals surface area contributed by atoms with Crippen LogP contribution >= 0.6 is 0 Å². The van der Waals surface area contributed by atoms with Gasteiger partial charge in [-0.3, -0.25) is 14.4 Å². The molecule has 2 heterocycles. The quantitative estimate of drug-likeness (QED) is 0.249. The summed E-state index contributed by atoms with van der Waals surface area (Å²) < 4.78 is 36.4. The van der Waals surface area contributed by atoms with Crippen molar-refractivity contribution in [3.8, 4) is 5.75 Å². The number of aliphatic imine (C=N–C) groups is 1. The van der Waals surface area contributed by atoms with Gasteiger partial charge in [-0.2, -0.15) is 9.40 Å². The molecule has 0 aliphatic carbocycles. The van der Waals surface area contributed by atoms with Gasteiger partial charge < -0.3 is 4.74 Å². The topological polar surface area (TPSA) is 97.1 Å². The van der Waals surface area contributed by atoms with E-state index in [0.29, 0.717) is 67.6 Å². The standard InChI is InChI=1S/C30H39N5O4S/c1-6-11-27-29(30(23(4)36)33(5)32-27)31-22(3)26-20-25(14-15-28(26)39-7-2)40(37,38)35-18-16-34(17-19-35)21-24-12-9-8-10-13-24/h8-10,12-15,20H,6-7,11,16-19,21H2,1-5H3. The van der Waals surface area contributed by atoms with E-state index in [1.165, 1.54) is 12.5 Å². The Morgan fingerprint density at radius 1 is 1.02 bits per heavy atom. The summed E-state index contributed by atoms with van der Waals surface area (Å²) in [5.41, 5.74) is 4.04. The molecule has 40 heavy (non-hydrogen) atoms. The van der Waals surface area contributed by atoms with Crippen LogP contribution in [-0.4, -0.2) is 71.7 Å². The Hall–Kier alpha value is -3.34. The van der Waals surface area contributed by atoms with Crippen molar-refractivity contribution < 1.29 is 17.9 Å². The molecule has 0 atom stereocenters. The summed E-state index contributed by atoms with van der Waals surface area (Å²) in [5.74, 6) is 0.414. The number of rotatable bonds is 11. The molecule has 10 heteroatoms. The lowest BCUT2D eigenvalue weighted by atomic mass is 10.1. The SMILES string of the molecule is CCCc1nn(C)c(C(C)=O)c1N=C(C)c1cc(S(=O)(=O)N2CCN(Cc3ccccc3)CC2)ccc1OCC. The first-order valence-corrected chi connectivity index (χ1v) is 15.2. The van der Waals surface area contributed by atoms with Crippen molar-refractivity contribution in [2.45, 2.75) is 52.0 Å². The molecule has 0 amide bonds. The van der Waals surface area contributed by atoms with Gasteiger partial charge in [-0.15, -0.1) is 0 Å². The summed E-state index contributed by atoms with van der Waals surface area (Å²) in [6.07, 6.45) is 1.53. The van der Waals surface area contributed by atoms with E-state index < -0.39 is 10.0 Å². The Morgan fingerprint density at radius 2 is 1.73 bits per heavy atom. The van der Waals surface area contributed by atoms with Crippen LogP contribution in [0.15, 0.2) is 58.4 Å². The molecule has 0 unspecified atom stereocenters. The Balaban J connectivity index is 1.63. The molecule has 0 radical (unpaired) electrons. The Bertz CT molecular complexity index is 1470. The molecule has 0 bridgehead atoms. The molecule has 0 spiro atoms. The van der Waals surface area contributed by atoms with Gasteiger partial charge in [0.1, 0.15) is 17.1 Å². The zero-order chi connectivity index (χ0) is 28.9. The Morgan fingerprint density at radius 3 is 2.35 bits per heavy atom. The third kappa shape index (κ3) is 6.51. The van der Waals surface area contributed by atoms with E-state index in [-0.39, 0.29) is 10.7 Å². The Kier molecular flexibility index (Phi) is 9.55. The second-order valence-corrected chi connectivity index (χ2v) is 12.0. The summed E-state index contributed by atoms with van der Waals surface area (Å²) in [4.78, 5) is 19.7. The van der Waals surface area contributed by atoms with Crippen LogP contribution in [0.5, 0.6) is 5.75 Å². The average molecular weight is 566 g/mol. The third-order valence-electron chi connectivity index (χ3n) is 7.05. The maximum Gasteiger partial charge on any atom is 0.243 e. The number of sulfonamides is 1. The zero-order valence-corrected chi connectivity index (χ0v) is 24.9. The van der Waals surface area contributed by atoms with Gasteiger partial charge in [-0.25, -0.2) is 13.4 Å². The van der Waals surface area contributed by atoms with Crippen LogP contribution in [0.1, 0.15) is 61.4 Å². The van der Waals surface area contributed by atoms with Gasteiger partial charge in [0.05, 0.1) is 17.2 Å². The lowest BCUT2D eigenvalue weighted by Crippen LogP contribution is -2.48. The molecule has 3 aromatic rings. The molecular formula is C30H39N5O4S. The highest BCUT2D eigenvalue weighted by Crippen LogP contribution is 2.30.